The van der Waals surface area contributed by atoms with Crippen molar-refractivity contribution in [2.45, 2.75) is 64.9 Å². The van der Waals surface area contributed by atoms with Gasteiger partial charge < -0.3 is 9.84 Å². The summed E-state index contributed by atoms with van der Waals surface area (Å²) in [4.78, 5) is 22.2. The number of carboxylic acids is 1. The Morgan fingerprint density at radius 2 is 1.67 bits per heavy atom. The molecule has 0 unspecified atom stereocenters. The SMILES string of the molecule is CC(C)=C(C)C1(OC(=O)CC(=O)O)CCCCC1. The quantitative estimate of drug-likeness (QED) is 0.476. The Balaban J connectivity index is 2.88. The molecule has 4 heteroatoms. The van der Waals surface area contributed by atoms with E-state index in [-0.39, 0.29) is 0 Å². The fourth-order valence-corrected chi connectivity index (χ4v) is 2.51. The third-order valence-corrected chi connectivity index (χ3v) is 3.70. The van der Waals surface area contributed by atoms with Crippen LogP contribution in [0.15, 0.2) is 11.1 Å². The van der Waals surface area contributed by atoms with Crippen LogP contribution in [0.2, 0.25) is 0 Å². The first-order valence-electron chi connectivity index (χ1n) is 6.45. The lowest BCUT2D eigenvalue weighted by atomic mass is 9.78. The zero-order valence-corrected chi connectivity index (χ0v) is 11.4. The summed E-state index contributed by atoms with van der Waals surface area (Å²) < 4.78 is 5.54. The zero-order chi connectivity index (χ0) is 13.8. The van der Waals surface area contributed by atoms with Crippen LogP contribution >= 0.6 is 0 Å². The van der Waals surface area contributed by atoms with Crippen molar-refractivity contribution < 1.29 is 19.4 Å². The van der Waals surface area contributed by atoms with Gasteiger partial charge in [0.2, 0.25) is 0 Å². The van der Waals surface area contributed by atoms with E-state index in [2.05, 4.69) is 0 Å². The number of carbonyl (C=O) groups excluding carboxylic acids is 1. The average Bonchev–Trinajstić information content (AvgIpc) is 2.27. The summed E-state index contributed by atoms with van der Waals surface area (Å²) in [5.41, 5.74) is 1.64. The Hall–Kier alpha value is -1.32. The highest BCUT2D eigenvalue weighted by Crippen LogP contribution is 2.39. The van der Waals surface area contributed by atoms with Crippen LogP contribution in [0.25, 0.3) is 0 Å². The van der Waals surface area contributed by atoms with Crippen LogP contribution < -0.4 is 0 Å². The molecule has 0 aliphatic heterocycles. The van der Waals surface area contributed by atoms with Crippen molar-refractivity contribution in [3.63, 3.8) is 0 Å². The number of carboxylic acid groups (broad SMARTS) is 1. The second-order valence-electron chi connectivity index (χ2n) is 5.22. The van der Waals surface area contributed by atoms with Crippen molar-refractivity contribution in [2.75, 3.05) is 0 Å². The number of carbonyl (C=O) groups is 2. The predicted octanol–water partition coefficient (Wildman–Crippen LogP) is 3.06. The zero-order valence-electron chi connectivity index (χ0n) is 11.4. The van der Waals surface area contributed by atoms with Crippen LogP contribution in [0.5, 0.6) is 0 Å². The second-order valence-corrected chi connectivity index (χ2v) is 5.22. The normalized spacial score (nSPS) is 17.9. The standard InChI is InChI=1S/C14H22O4/c1-10(2)11(3)14(7-5-4-6-8-14)18-13(17)9-12(15)16/h4-9H2,1-3H3,(H,15,16). The first-order chi connectivity index (χ1) is 8.37. The number of allylic oxidation sites excluding steroid dienone is 1. The molecule has 1 rings (SSSR count). The summed E-state index contributed by atoms with van der Waals surface area (Å²) in [5, 5.41) is 8.63. The predicted molar refractivity (Wildman–Crippen MR) is 68.2 cm³/mol. The van der Waals surface area contributed by atoms with E-state index in [0.29, 0.717) is 0 Å². The topological polar surface area (TPSA) is 63.6 Å². The van der Waals surface area contributed by atoms with Crippen molar-refractivity contribution in [3.05, 3.63) is 11.1 Å². The molecule has 1 aliphatic carbocycles. The van der Waals surface area contributed by atoms with E-state index in [1.807, 2.05) is 20.8 Å². The van der Waals surface area contributed by atoms with E-state index in [4.69, 9.17) is 9.84 Å². The van der Waals surface area contributed by atoms with Gasteiger partial charge in [-0.2, -0.15) is 0 Å². The summed E-state index contributed by atoms with van der Waals surface area (Å²) in [6.07, 6.45) is 4.23. The molecule has 0 aromatic rings. The van der Waals surface area contributed by atoms with Crippen LogP contribution in [0.4, 0.5) is 0 Å². The minimum Gasteiger partial charge on any atom is -0.481 e. The third-order valence-electron chi connectivity index (χ3n) is 3.70. The van der Waals surface area contributed by atoms with E-state index < -0.39 is 24.0 Å². The van der Waals surface area contributed by atoms with Gasteiger partial charge in [0.1, 0.15) is 12.0 Å². The van der Waals surface area contributed by atoms with Gasteiger partial charge in [0, 0.05) is 0 Å². The summed E-state index contributed by atoms with van der Waals surface area (Å²) in [6.45, 7) is 5.97. The monoisotopic (exact) mass is 254 g/mol. The molecule has 0 saturated heterocycles. The van der Waals surface area contributed by atoms with Gasteiger partial charge in [0.25, 0.3) is 0 Å². The molecule has 102 valence electrons. The van der Waals surface area contributed by atoms with E-state index in [0.717, 1.165) is 43.3 Å². The molecule has 0 aromatic heterocycles. The van der Waals surface area contributed by atoms with Gasteiger partial charge in [-0.3, -0.25) is 9.59 Å². The third kappa shape index (κ3) is 3.59. The summed E-state index contributed by atoms with van der Waals surface area (Å²) >= 11 is 0. The van der Waals surface area contributed by atoms with Gasteiger partial charge in [-0.05, 0) is 52.0 Å². The molecule has 1 N–H and O–H groups in total. The Bertz CT molecular complexity index is 358. The molecule has 0 radical (unpaired) electrons. The van der Waals surface area contributed by atoms with Crippen molar-refractivity contribution >= 4 is 11.9 Å². The molecule has 0 heterocycles. The number of hydrogen-bond acceptors (Lipinski definition) is 3. The molecular formula is C14H22O4. The Morgan fingerprint density at radius 1 is 1.11 bits per heavy atom. The second kappa shape index (κ2) is 6.03. The van der Waals surface area contributed by atoms with Gasteiger partial charge >= 0.3 is 11.9 Å². The number of aliphatic carboxylic acids is 1. The number of hydrogen-bond donors (Lipinski definition) is 1. The number of esters is 1. The van der Waals surface area contributed by atoms with E-state index in [9.17, 15) is 9.59 Å². The first-order valence-corrected chi connectivity index (χ1v) is 6.45. The van der Waals surface area contributed by atoms with Gasteiger partial charge in [-0.15, -0.1) is 0 Å². The number of rotatable bonds is 4. The highest BCUT2D eigenvalue weighted by Gasteiger charge is 2.38. The van der Waals surface area contributed by atoms with Crippen molar-refractivity contribution in [3.8, 4) is 0 Å². The minimum absolute atomic E-state index is 0.558. The van der Waals surface area contributed by atoms with Crippen LogP contribution in [0.3, 0.4) is 0 Å². The molecule has 0 spiro atoms. The summed E-state index contributed by atoms with van der Waals surface area (Å²) in [5.74, 6) is -1.77. The highest BCUT2D eigenvalue weighted by molar-refractivity contribution is 5.90. The molecule has 4 nitrogen and oxygen atoms in total. The first kappa shape index (κ1) is 14.7. The maximum absolute atomic E-state index is 11.6. The molecule has 1 saturated carbocycles. The lowest BCUT2D eigenvalue weighted by Gasteiger charge is -2.38. The Morgan fingerprint density at radius 3 is 2.11 bits per heavy atom. The smallest absolute Gasteiger partial charge is 0.318 e. The minimum atomic E-state index is -1.14. The Labute approximate surface area is 108 Å². The molecule has 1 aliphatic rings. The molecule has 18 heavy (non-hydrogen) atoms. The van der Waals surface area contributed by atoms with Crippen LogP contribution in [0, 0.1) is 0 Å². The molecule has 0 bridgehead atoms. The van der Waals surface area contributed by atoms with E-state index in [1.165, 1.54) is 0 Å². The lowest BCUT2D eigenvalue weighted by molar-refractivity contribution is -0.163. The van der Waals surface area contributed by atoms with Crippen molar-refractivity contribution in [1.82, 2.24) is 0 Å². The van der Waals surface area contributed by atoms with Gasteiger partial charge in [0.15, 0.2) is 0 Å². The van der Waals surface area contributed by atoms with E-state index >= 15 is 0 Å². The van der Waals surface area contributed by atoms with Gasteiger partial charge in [-0.1, -0.05) is 12.0 Å². The lowest BCUT2D eigenvalue weighted by Crippen LogP contribution is -2.39. The van der Waals surface area contributed by atoms with Crippen LogP contribution in [-0.4, -0.2) is 22.6 Å². The summed E-state index contributed by atoms with van der Waals surface area (Å²) in [6, 6.07) is 0. The fraction of sp³-hybridized carbons (Fsp3) is 0.714. The highest BCUT2D eigenvalue weighted by atomic mass is 16.6. The average molecular weight is 254 g/mol. The van der Waals surface area contributed by atoms with Crippen molar-refractivity contribution in [1.29, 1.82) is 0 Å². The maximum atomic E-state index is 11.6. The maximum Gasteiger partial charge on any atom is 0.318 e. The fourth-order valence-electron chi connectivity index (χ4n) is 2.51. The molecule has 0 amide bonds. The van der Waals surface area contributed by atoms with Gasteiger partial charge in [0.05, 0.1) is 0 Å². The Kier molecular flexibility index (Phi) is 4.93. The molecule has 0 aromatic carbocycles. The van der Waals surface area contributed by atoms with E-state index in [1.54, 1.807) is 0 Å². The largest absolute Gasteiger partial charge is 0.481 e. The van der Waals surface area contributed by atoms with Crippen LogP contribution in [0.1, 0.15) is 59.3 Å². The molecule has 0 atom stereocenters. The van der Waals surface area contributed by atoms with Gasteiger partial charge in [-0.25, -0.2) is 0 Å². The molecule has 1 fully saturated rings. The van der Waals surface area contributed by atoms with Crippen LogP contribution in [-0.2, 0) is 14.3 Å². The molecular weight excluding hydrogens is 232 g/mol. The number of ether oxygens (including phenoxy) is 1. The summed E-state index contributed by atoms with van der Waals surface area (Å²) in [7, 11) is 0. The van der Waals surface area contributed by atoms with Crippen molar-refractivity contribution in [2.24, 2.45) is 0 Å².